The second-order valence-electron chi connectivity index (χ2n) is 43.3. The van der Waals surface area contributed by atoms with E-state index in [0.29, 0.717) is 0 Å². The van der Waals surface area contributed by atoms with Gasteiger partial charge in [0.2, 0.25) is 0 Å². The Kier molecular flexibility index (Phi) is 53.4. The van der Waals surface area contributed by atoms with Gasteiger partial charge in [0.25, 0.3) is 0 Å². The van der Waals surface area contributed by atoms with Crippen molar-refractivity contribution in [2.45, 2.75) is 499 Å². The van der Waals surface area contributed by atoms with Crippen molar-refractivity contribution in [3.05, 3.63) is 119 Å². The molecule has 0 N–H and O–H groups in total. The van der Waals surface area contributed by atoms with Crippen LogP contribution in [0, 0.1) is 0 Å². The van der Waals surface area contributed by atoms with Crippen LogP contribution in [0.1, 0.15) is 348 Å². The van der Waals surface area contributed by atoms with E-state index in [0.717, 1.165) is 0 Å². The molecule has 0 unspecified atom stereocenters. The molecule has 15 heteroatoms. The Morgan fingerprint density at radius 1 is 0.132 bits per heavy atom. The summed E-state index contributed by atoms with van der Waals surface area (Å²) in [7, 11) is -7.42. The fourth-order valence-corrected chi connectivity index (χ4v) is 56.8. The van der Waals surface area contributed by atoms with Gasteiger partial charge in [-0.15, -0.1) is 102 Å². The minimum absolute atomic E-state index is 1.19. The Morgan fingerprint density at radius 3 is 0.395 bits per heavy atom. The summed E-state index contributed by atoms with van der Waals surface area (Å²) in [5, 5.41) is 0. The Morgan fingerprint density at radius 2 is 0.248 bits per heavy atom. The number of aryl methyl sites for hydroxylation is 2. The largest absolute Gasteiger partial charge is 0.139 e. The Labute approximate surface area is 837 Å². The van der Waals surface area contributed by atoms with Crippen LogP contribution in [0.25, 0.3) is 78.0 Å². The predicted octanol–water partition coefficient (Wildman–Crippen LogP) is 46.5. The van der Waals surface area contributed by atoms with Crippen LogP contribution in [-0.2, 0) is 12.8 Å². The molecule has 0 aliphatic rings. The fourth-order valence-electron chi connectivity index (χ4n) is 21.8. The van der Waals surface area contributed by atoms with Crippen molar-refractivity contribution in [1.82, 2.24) is 0 Å². The zero-order valence-corrected chi connectivity index (χ0v) is 98.7. The lowest BCUT2D eigenvalue weighted by Crippen LogP contribution is -2.34. The molecule has 9 rings (SSSR count). The summed E-state index contributed by atoms with van der Waals surface area (Å²) < 4.78 is 0. The van der Waals surface area contributed by atoms with Crippen molar-refractivity contribution in [3.63, 3.8) is 0 Å². The predicted molar refractivity (Wildman–Crippen MR) is 623 cm³/mol. The molecule has 0 bridgehead atoms. The van der Waals surface area contributed by atoms with Crippen LogP contribution in [0.5, 0.6) is 0 Å². The second kappa shape index (κ2) is 61.9. The van der Waals surface area contributed by atoms with E-state index in [1.165, 1.54) is 348 Å². The van der Waals surface area contributed by atoms with E-state index in [1.54, 1.807) is 144 Å². The van der Waals surface area contributed by atoms with Gasteiger partial charge in [-0.3, -0.25) is 0 Å². The third kappa shape index (κ3) is 40.8. The minimum Gasteiger partial charge on any atom is -0.139 e. The average Bonchev–Trinajstić information content (AvgIpc) is 1.65. The first-order chi connectivity index (χ1) is 62.7. The fraction of sp³-hybridized carbons (Fsp3) is 0.684. The molecule has 0 atom stereocenters. The molecule has 9 aromatic rings. The topological polar surface area (TPSA) is 0 Å². The molecule has 0 aliphatic carbocycles. The average molecular weight is 2020 g/mol. The van der Waals surface area contributed by atoms with E-state index in [2.05, 4.69) is 227 Å². The normalized spacial score (nSPS) is 12.7. The van der Waals surface area contributed by atoms with Crippen LogP contribution in [0.4, 0.5) is 0 Å². The van der Waals surface area contributed by atoms with Gasteiger partial charge in [0, 0.05) is 87.8 Å². The van der Waals surface area contributed by atoms with Gasteiger partial charge in [0.1, 0.15) is 0 Å². The number of hydrogen-bond acceptors (Lipinski definition) is 9. The molecule has 9 heterocycles. The van der Waals surface area contributed by atoms with Gasteiger partial charge < -0.3 is 0 Å². The lowest BCUT2D eigenvalue weighted by Gasteiger charge is -2.34. The third-order valence-electron chi connectivity index (χ3n) is 30.7. The van der Waals surface area contributed by atoms with E-state index in [1.807, 2.05) is 79.4 Å². The minimum atomic E-state index is -1.33. The SMILES string of the molecule is CCCCCC[Si](C)(CCCCCC)CCC[Si](C)(CCCCCCc1ccc(-c2ccc(-c3ccc(-c4ccc(-c5ccc(-c6ccc(-c7ccc(-c8ccc(-c9ccc(CCCCCC[Si](C)(CCC[Si](C)(CCCCCC)CCCCCC)CCC[Si](C)(CCCCCC)CCCCCC)s9)s8)s7)s6)s5)s4)s3)s2)s1)CCC[Si](C)(CCCCCC)CCCCCC. The zero-order chi connectivity index (χ0) is 91.7. The van der Waals surface area contributed by atoms with Gasteiger partial charge in [-0.1, -0.05) is 473 Å². The zero-order valence-electron chi connectivity index (χ0n) is 85.3. The van der Waals surface area contributed by atoms with Crippen molar-refractivity contribution >= 4 is 150 Å². The number of thiophene rings is 9. The van der Waals surface area contributed by atoms with Crippen molar-refractivity contribution in [1.29, 1.82) is 0 Å². The molecule has 722 valence electrons. The Hall–Kier alpha value is -1.40. The molecular weight excluding hydrogens is 1830 g/mol. The van der Waals surface area contributed by atoms with Gasteiger partial charge in [-0.2, -0.15) is 0 Å². The molecule has 0 nitrogen and oxygen atoms in total. The number of unbranched alkanes of at least 4 members (excludes halogenated alkanes) is 30. The van der Waals surface area contributed by atoms with Crippen LogP contribution < -0.4 is 0 Å². The molecule has 0 aliphatic heterocycles. The van der Waals surface area contributed by atoms with Crippen LogP contribution in [-0.4, -0.2) is 48.4 Å². The van der Waals surface area contributed by atoms with E-state index < -0.39 is 48.4 Å². The summed E-state index contributed by atoms with van der Waals surface area (Å²) in [5.74, 6) is 0. The van der Waals surface area contributed by atoms with E-state index >= 15 is 0 Å². The first kappa shape index (κ1) is 111. The third-order valence-corrected chi connectivity index (χ3v) is 70.3. The summed E-state index contributed by atoms with van der Waals surface area (Å²) >= 11 is 17.8. The van der Waals surface area contributed by atoms with Crippen molar-refractivity contribution in [2.24, 2.45) is 0 Å². The highest BCUT2D eigenvalue weighted by molar-refractivity contribution is 7.32. The summed E-state index contributed by atoms with van der Waals surface area (Å²) in [5.41, 5.74) is 0. The van der Waals surface area contributed by atoms with E-state index in [-0.39, 0.29) is 0 Å². The van der Waals surface area contributed by atoms with E-state index in [4.69, 9.17) is 0 Å². The van der Waals surface area contributed by atoms with Gasteiger partial charge in [0.15, 0.2) is 0 Å². The maximum atomic E-state index is 2.92. The lowest BCUT2D eigenvalue weighted by atomic mass is 10.1. The first-order valence-corrected chi connectivity index (χ1v) is 80.7. The molecule has 0 fully saturated rings. The quantitative estimate of drug-likeness (QED) is 0.0263. The van der Waals surface area contributed by atoms with Crippen LogP contribution in [0.15, 0.2) is 109 Å². The highest BCUT2D eigenvalue weighted by atomic mass is 32.1. The Balaban J connectivity index is 0.720. The molecule has 0 spiro atoms. The summed E-state index contributed by atoms with van der Waals surface area (Å²) in [6, 6.07) is 72.0. The maximum absolute atomic E-state index is 2.92. The van der Waals surface area contributed by atoms with Gasteiger partial charge in [-0.25, -0.2) is 0 Å². The first-order valence-electron chi connectivity index (χ1n) is 54.6. The number of rotatable bonds is 78. The summed E-state index contributed by atoms with van der Waals surface area (Å²) in [6.07, 6.45) is 66.4. The maximum Gasteiger partial charge on any atom is 0.0504 e. The molecule has 9 aromatic heterocycles. The molecule has 0 amide bonds. The molecule has 129 heavy (non-hydrogen) atoms. The van der Waals surface area contributed by atoms with Crippen LogP contribution in [0.2, 0.25) is 148 Å². The molecule has 0 saturated carbocycles. The van der Waals surface area contributed by atoms with Crippen molar-refractivity contribution < 1.29 is 0 Å². The van der Waals surface area contributed by atoms with Crippen LogP contribution >= 0.6 is 102 Å². The van der Waals surface area contributed by atoms with Gasteiger partial charge in [0.05, 0.1) is 48.4 Å². The molecular formula is C114H188S9Si6. The van der Waals surface area contributed by atoms with Crippen molar-refractivity contribution in [3.8, 4) is 78.0 Å². The highest BCUT2D eigenvalue weighted by Crippen LogP contribution is 2.50. The smallest absolute Gasteiger partial charge is 0.0504 e. The number of hydrogen-bond donors (Lipinski definition) is 0. The molecule has 0 aromatic carbocycles. The monoisotopic (exact) mass is 2010 g/mol. The summed E-state index contributed by atoms with van der Waals surface area (Å²) in [6.45, 7) is 36.4. The second-order valence-corrected chi connectivity index (χ2v) is 83.9. The highest BCUT2D eigenvalue weighted by Gasteiger charge is 2.35. The summed E-state index contributed by atoms with van der Waals surface area (Å²) in [4.78, 5) is 25.4. The Bertz CT molecular complexity index is 3950. The van der Waals surface area contributed by atoms with E-state index in [9.17, 15) is 0 Å². The molecule has 0 radical (unpaired) electrons. The lowest BCUT2D eigenvalue weighted by molar-refractivity contribution is 0.663. The molecule has 0 saturated heterocycles. The standard InChI is InChI=1S/C114H188S9Si6/c1-15-23-31-45-79-124(9,80-46-32-24-16-2)89-55-93-128(13,94-56-90-125(10,81-47-33-25-17-3)82-48-34-26-18-4)87-53-41-39-43-59-97-61-63-99(115-97)101-65-67-103(117-101)105-69-71-107(119-105)109-73-75-111(121-109)113-77-78-114(123-113)112-76-74-110(122-112)108-72-70-106(120-108)104-68-66-102(118-104)100-64-62-98(116-100)60-44-40-42-54-88-129(14,95-57-91-126(11,83-49-35-27-19-5)84-50-36-28-20-6)96-58-92-127(12,85-51-37-29-21-7)86-52-38-30-22-8/h61-78H,15-60,79-96H2,1-14H3. The van der Waals surface area contributed by atoms with Gasteiger partial charge in [-0.05, 0) is 135 Å². The van der Waals surface area contributed by atoms with Gasteiger partial charge >= 0.3 is 0 Å². The van der Waals surface area contributed by atoms with Crippen LogP contribution in [0.3, 0.4) is 0 Å². The van der Waals surface area contributed by atoms with Crippen molar-refractivity contribution in [2.75, 3.05) is 0 Å².